The van der Waals surface area contributed by atoms with Crippen LogP contribution in [0.1, 0.15) is 0 Å². The standard InChI is InChI=1S/C11H18N2O7S2/c1-12-21(14,15)18-8-11(9-19-22(16,17)13-2)20-10-6-4-3-5-7-10/h3-7,11-13H,8-9H2,1-2H3. The average Bonchev–Trinajstić information content (AvgIpc) is 2.51. The Labute approximate surface area is 130 Å². The van der Waals surface area contributed by atoms with Gasteiger partial charge in [-0.3, -0.25) is 8.37 Å². The van der Waals surface area contributed by atoms with E-state index in [2.05, 4.69) is 8.37 Å². The zero-order valence-electron chi connectivity index (χ0n) is 12.1. The zero-order chi connectivity index (χ0) is 16.6. The van der Waals surface area contributed by atoms with Crippen LogP contribution in [-0.2, 0) is 29.0 Å². The fraction of sp³-hybridized carbons (Fsp3) is 0.455. The molecule has 0 saturated heterocycles. The van der Waals surface area contributed by atoms with E-state index in [1.54, 1.807) is 30.3 Å². The summed E-state index contributed by atoms with van der Waals surface area (Å²) in [6.45, 7) is -0.839. The maximum Gasteiger partial charge on any atom is 0.335 e. The minimum atomic E-state index is -3.92. The third-order valence-corrected chi connectivity index (χ3v) is 4.26. The van der Waals surface area contributed by atoms with E-state index >= 15 is 0 Å². The molecular weight excluding hydrogens is 336 g/mol. The largest absolute Gasteiger partial charge is 0.485 e. The molecule has 0 aliphatic carbocycles. The lowest BCUT2D eigenvalue weighted by Crippen LogP contribution is -2.35. The van der Waals surface area contributed by atoms with Crippen LogP contribution in [0.5, 0.6) is 5.75 Å². The lowest BCUT2D eigenvalue weighted by molar-refractivity contribution is 0.0849. The van der Waals surface area contributed by atoms with Crippen molar-refractivity contribution in [1.29, 1.82) is 0 Å². The first kappa shape index (κ1) is 18.8. The molecule has 1 aromatic rings. The summed E-state index contributed by atoms with van der Waals surface area (Å²) in [6.07, 6.45) is -0.950. The number of para-hydroxylation sites is 1. The minimum absolute atomic E-state index is 0.419. The topological polar surface area (TPSA) is 120 Å². The normalized spacial score (nSPS) is 12.5. The third-order valence-electron chi connectivity index (χ3n) is 2.36. The summed E-state index contributed by atoms with van der Waals surface area (Å²) < 4.78 is 63.7. The maximum absolute atomic E-state index is 11.3. The van der Waals surface area contributed by atoms with Gasteiger partial charge in [-0.25, -0.2) is 0 Å². The van der Waals surface area contributed by atoms with Crippen LogP contribution in [0.4, 0.5) is 0 Å². The van der Waals surface area contributed by atoms with Gasteiger partial charge in [0, 0.05) is 14.1 Å². The molecule has 0 fully saturated rings. The van der Waals surface area contributed by atoms with Gasteiger partial charge >= 0.3 is 20.6 Å². The van der Waals surface area contributed by atoms with Crippen LogP contribution in [-0.4, -0.2) is 50.2 Å². The summed E-state index contributed by atoms with van der Waals surface area (Å²) in [5, 5.41) is 0. The fourth-order valence-corrected chi connectivity index (χ4v) is 2.15. The summed E-state index contributed by atoms with van der Waals surface area (Å²) in [5.74, 6) is 0.420. The average molecular weight is 354 g/mol. The van der Waals surface area contributed by atoms with E-state index in [4.69, 9.17) is 4.74 Å². The van der Waals surface area contributed by atoms with Crippen LogP contribution in [0.15, 0.2) is 30.3 Å². The first-order valence-corrected chi connectivity index (χ1v) is 8.97. The van der Waals surface area contributed by atoms with Crippen molar-refractivity contribution in [3.63, 3.8) is 0 Å². The first-order valence-electron chi connectivity index (χ1n) is 6.15. The van der Waals surface area contributed by atoms with Gasteiger partial charge in [0.05, 0.1) is 0 Å². The van der Waals surface area contributed by atoms with Crippen molar-refractivity contribution < 1.29 is 29.9 Å². The predicted molar refractivity (Wildman–Crippen MR) is 78.7 cm³/mol. The van der Waals surface area contributed by atoms with Gasteiger partial charge in [-0.1, -0.05) is 18.2 Å². The molecule has 0 aliphatic rings. The summed E-state index contributed by atoms with van der Waals surface area (Å²) in [6, 6.07) is 8.45. The van der Waals surface area contributed by atoms with E-state index in [1.807, 2.05) is 9.44 Å². The minimum Gasteiger partial charge on any atom is -0.485 e. The Morgan fingerprint density at radius 2 is 1.36 bits per heavy atom. The zero-order valence-corrected chi connectivity index (χ0v) is 13.7. The van der Waals surface area contributed by atoms with Crippen LogP contribution in [0.2, 0.25) is 0 Å². The molecule has 22 heavy (non-hydrogen) atoms. The van der Waals surface area contributed by atoms with E-state index in [0.29, 0.717) is 5.75 Å². The lowest BCUT2D eigenvalue weighted by Gasteiger charge is -2.18. The van der Waals surface area contributed by atoms with Gasteiger partial charge in [-0.2, -0.15) is 26.3 Å². The highest BCUT2D eigenvalue weighted by atomic mass is 32.2. The molecule has 0 aromatic heterocycles. The van der Waals surface area contributed by atoms with Crippen molar-refractivity contribution in [2.75, 3.05) is 27.3 Å². The fourth-order valence-electron chi connectivity index (χ4n) is 1.26. The van der Waals surface area contributed by atoms with Gasteiger partial charge < -0.3 is 4.74 Å². The van der Waals surface area contributed by atoms with Gasteiger partial charge in [0.25, 0.3) is 0 Å². The second-order valence-electron chi connectivity index (χ2n) is 3.94. The Balaban J connectivity index is 2.72. The molecule has 0 atom stereocenters. The number of hydrogen-bond donors (Lipinski definition) is 2. The maximum atomic E-state index is 11.3. The molecule has 0 saturated carbocycles. The molecule has 0 heterocycles. The first-order chi connectivity index (χ1) is 10.3. The summed E-state index contributed by atoms with van der Waals surface area (Å²) in [7, 11) is -5.46. The molecule has 0 bridgehead atoms. The van der Waals surface area contributed by atoms with Crippen LogP contribution in [0, 0.1) is 0 Å². The van der Waals surface area contributed by atoms with Crippen molar-refractivity contribution in [2.24, 2.45) is 0 Å². The quantitative estimate of drug-likeness (QED) is 0.575. The highest BCUT2D eigenvalue weighted by molar-refractivity contribution is 7.84. The molecule has 0 amide bonds. The lowest BCUT2D eigenvalue weighted by atomic mass is 10.3. The van der Waals surface area contributed by atoms with Crippen LogP contribution in [0.25, 0.3) is 0 Å². The Morgan fingerprint density at radius 3 is 1.77 bits per heavy atom. The Hall–Kier alpha value is -1.24. The van der Waals surface area contributed by atoms with E-state index in [0.717, 1.165) is 0 Å². The molecule has 1 rings (SSSR count). The molecule has 0 spiro atoms. The molecule has 11 heteroatoms. The highest BCUT2D eigenvalue weighted by Gasteiger charge is 2.19. The smallest absolute Gasteiger partial charge is 0.335 e. The van der Waals surface area contributed by atoms with Gasteiger partial charge in [-0.15, -0.1) is 0 Å². The number of ether oxygens (including phenoxy) is 1. The molecule has 2 N–H and O–H groups in total. The molecule has 0 unspecified atom stereocenters. The van der Waals surface area contributed by atoms with Crippen LogP contribution in [0.3, 0.4) is 0 Å². The van der Waals surface area contributed by atoms with Gasteiger partial charge in [0.2, 0.25) is 0 Å². The van der Waals surface area contributed by atoms with Crippen LogP contribution >= 0.6 is 0 Å². The number of rotatable bonds is 10. The van der Waals surface area contributed by atoms with Gasteiger partial charge in [0.1, 0.15) is 25.1 Å². The van der Waals surface area contributed by atoms with Crippen LogP contribution < -0.4 is 14.2 Å². The van der Waals surface area contributed by atoms with Gasteiger partial charge in [-0.05, 0) is 12.1 Å². The summed E-state index contributed by atoms with van der Waals surface area (Å²) in [5.41, 5.74) is 0. The monoisotopic (exact) mass is 354 g/mol. The molecule has 9 nitrogen and oxygen atoms in total. The second-order valence-corrected chi connectivity index (χ2v) is 7.04. The summed E-state index contributed by atoms with van der Waals surface area (Å²) in [4.78, 5) is 0. The Bertz CT molecular complexity index is 608. The Morgan fingerprint density at radius 1 is 0.909 bits per heavy atom. The molecule has 0 aliphatic heterocycles. The van der Waals surface area contributed by atoms with E-state index in [1.165, 1.54) is 14.1 Å². The Kier molecular flexibility index (Phi) is 7.19. The SMILES string of the molecule is CNS(=O)(=O)OCC(COS(=O)(=O)NC)Oc1ccccc1. The predicted octanol–water partition coefficient (Wildman–Crippen LogP) is -0.604. The molecule has 126 valence electrons. The number of benzene rings is 1. The second kappa shape index (κ2) is 8.41. The highest BCUT2D eigenvalue weighted by Crippen LogP contribution is 2.12. The van der Waals surface area contributed by atoms with E-state index < -0.39 is 39.9 Å². The van der Waals surface area contributed by atoms with Crippen molar-refractivity contribution >= 4 is 20.6 Å². The number of hydrogen-bond acceptors (Lipinski definition) is 7. The van der Waals surface area contributed by atoms with Crippen molar-refractivity contribution in [1.82, 2.24) is 9.44 Å². The summed E-state index contributed by atoms with van der Waals surface area (Å²) >= 11 is 0. The molecule has 0 radical (unpaired) electrons. The van der Waals surface area contributed by atoms with E-state index in [9.17, 15) is 16.8 Å². The molecular formula is C11H18N2O7S2. The number of nitrogens with one attached hydrogen (secondary N) is 2. The third kappa shape index (κ3) is 7.15. The van der Waals surface area contributed by atoms with Crippen molar-refractivity contribution in [3.05, 3.63) is 30.3 Å². The van der Waals surface area contributed by atoms with Gasteiger partial charge in [0.15, 0.2) is 0 Å². The van der Waals surface area contributed by atoms with E-state index in [-0.39, 0.29) is 0 Å². The van der Waals surface area contributed by atoms with Crippen molar-refractivity contribution in [3.8, 4) is 5.75 Å². The molecule has 1 aromatic carbocycles. The van der Waals surface area contributed by atoms with Crippen molar-refractivity contribution in [2.45, 2.75) is 6.10 Å².